The van der Waals surface area contributed by atoms with E-state index in [9.17, 15) is 9.59 Å². The van der Waals surface area contributed by atoms with Crippen molar-refractivity contribution < 1.29 is 14.3 Å². The van der Waals surface area contributed by atoms with Crippen molar-refractivity contribution in [2.24, 2.45) is 0 Å². The number of aromatic amines is 1. The lowest BCUT2D eigenvalue weighted by Crippen LogP contribution is -2.16. The van der Waals surface area contributed by atoms with Gasteiger partial charge < -0.3 is 19.8 Å². The minimum atomic E-state index is -0.298. The number of ether oxygens (including phenoxy) is 2. The van der Waals surface area contributed by atoms with Crippen LogP contribution in [0.25, 0.3) is 0 Å². The average molecular weight is 460 g/mol. The van der Waals surface area contributed by atoms with E-state index in [-0.39, 0.29) is 23.8 Å². The topological polar surface area (TPSA) is 93.3 Å². The Morgan fingerprint density at radius 3 is 2.21 bits per heavy atom. The van der Waals surface area contributed by atoms with Crippen molar-refractivity contribution in [1.29, 1.82) is 0 Å². The molecule has 0 unspecified atom stereocenters. The Morgan fingerprint density at radius 2 is 1.52 bits per heavy atom. The van der Waals surface area contributed by atoms with Crippen LogP contribution in [0.1, 0.15) is 5.69 Å². The van der Waals surface area contributed by atoms with Gasteiger partial charge in [0.1, 0.15) is 23.9 Å². The quantitative estimate of drug-likeness (QED) is 0.274. The molecule has 4 rings (SSSR count). The SMILES string of the molecule is O=C(CSc1nc(COc2ccccc2)cc(=O)[nH]1)Nc1ccc(Oc2ccccc2)cc1. The lowest BCUT2D eigenvalue weighted by Gasteiger charge is -2.08. The van der Waals surface area contributed by atoms with Gasteiger partial charge in [-0.25, -0.2) is 4.98 Å². The van der Waals surface area contributed by atoms with Crippen LogP contribution in [-0.4, -0.2) is 21.6 Å². The summed E-state index contributed by atoms with van der Waals surface area (Å²) < 4.78 is 11.4. The molecule has 0 saturated carbocycles. The number of aromatic nitrogens is 2. The number of thioether (sulfide) groups is 1. The molecule has 1 heterocycles. The summed E-state index contributed by atoms with van der Waals surface area (Å²) in [6.07, 6.45) is 0. The molecule has 0 aliphatic heterocycles. The van der Waals surface area contributed by atoms with Crippen LogP contribution in [0.3, 0.4) is 0 Å². The van der Waals surface area contributed by atoms with Crippen LogP contribution in [0.2, 0.25) is 0 Å². The second-order valence-corrected chi connectivity index (χ2v) is 7.88. The first kappa shape index (κ1) is 22.2. The molecule has 0 atom stereocenters. The molecule has 7 nitrogen and oxygen atoms in total. The largest absolute Gasteiger partial charge is 0.487 e. The standard InChI is InChI=1S/C25H21N3O4S/c29-23-15-19(16-31-20-7-3-1-4-8-20)27-25(28-23)33-17-24(30)26-18-11-13-22(14-12-18)32-21-9-5-2-6-10-21/h1-15H,16-17H2,(H,26,30)(H,27,28,29). The highest BCUT2D eigenvalue weighted by Gasteiger charge is 2.08. The fourth-order valence-electron chi connectivity index (χ4n) is 2.86. The third kappa shape index (κ3) is 6.98. The smallest absolute Gasteiger partial charge is 0.251 e. The second-order valence-electron chi connectivity index (χ2n) is 6.92. The van der Waals surface area contributed by atoms with Crippen LogP contribution in [0, 0.1) is 0 Å². The van der Waals surface area contributed by atoms with Crippen LogP contribution in [0.5, 0.6) is 17.2 Å². The zero-order valence-electron chi connectivity index (χ0n) is 17.6. The highest BCUT2D eigenvalue weighted by Crippen LogP contribution is 2.23. The normalized spacial score (nSPS) is 10.4. The fourth-order valence-corrected chi connectivity index (χ4v) is 3.56. The lowest BCUT2D eigenvalue weighted by molar-refractivity contribution is -0.113. The van der Waals surface area contributed by atoms with Gasteiger partial charge in [-0.3, -0.25) is 9.59 Å². The summed E-state index contributed by atoms with van der Waals surface area (Å²) >= 11 is 1.14. The van der Waals surface area contributed by atoms with Crippen molar-refractivity contribution >= 4 is 23.4 Å². The molecule has 8 heteroatoms. The molecule has 33 heavy (non-hydrogen) atoms. The van der Waals surface area contributed by atoms with Crippen molar-refractivity contribution in [3.8, 4) is 17.2 Å². The molecule has 1 amide bonds. The predicted octanol–water partition coefficient (Wildman–Crippen LogP) is 4.87. The molecular formula is C25H21N3O4S. The predicted molar refractivity (Wildman–Crippen MR) is 128 cm³/mol. The minimum Gasteiger partial charge on any atom is -0.487 e. The van der Waals surface area contributed by atoms with E-state index in [1.807, 2.05) is 60.7 Å². The molecule has 1 aromatic heterocycles. The molecule has 0 aliphatic carbocycles. The van der Waals surface area contributed by atoms with Crippen molar-refractivity contribution in [1.82, 2.24) is 9.97 Å². The number of carbonyl (C=O) groups excluding carboxylic acids is 1. The summed E-state index contributed by atoms with van der Waals surface area (Å²) in [7, 11) is 0. The van der Waals surface area contributed by atoms with Crippen molar-refractivity contribution in [3.05, 3.63) is 107 Å². The molecule has 4 aromatic rings. The number of nitrogens with one attached hydrogen (secondary N) is 2. The monoisotopic (exact) mass is 459 g/mol. The molecule has 0 bridgehead atoms. The number of para-hydroxylation sites is 2. The van der Waals surface area contributed by atoms with E-state index < -0.39 is 0 Å². The van der Waals surface area contributed by atoms with Gasteiger partial charge in [-0.05, 0) is 48.5 Å². The van der Waals surface area contributed by atoms with Crippen LogP contribution >= 0.6 is 11.8 Å². The van der Waals surface area contributed by atoms with Gasteiger partial charge in [0.05, 0.1) is 11.4 Å². The van der Waals surface area contributed by atoms with Gasteiger partial charge >= 0.3 is 0 Å². The van der Waals surface area contributed by atoms with Gasteiger partial charge in [-0.1, -0.05) is 48.2 Å². The summed E-state index contributed by atoms with van der Waals surface area (Å²) in [6, 6.07) is 27.2. The number of H-pyrrole nitrogens is 1. The second kappa shape index (κ2) is 11.0. The molecule has 0 saturated heterocycles. The number of nitrogens with zero attached hydrogens (tertiary/aromatic N) is 1. The third-order valence-corrected chi connectivity index (χ3v) is 5.23. The van der Waals surface area contributed by atoms with Crippen LogP contribution in [0.15, 0.2) is 101 Å². The first-order chi connectivity index (χ1) is 16.1. The summed E-state index contributed by atoms with van der Waals surface area (Å²) in [4.78, 5) is 31.3. The van der Waals surface area contributed by atoms with Gasteiger partial charge in [0.15, 0.2) is 5.16 Å². The Morgan fingerprint density at radius 1 is 0.879 bits per heavy atom. The number of rotatable bonds is 9. The maximum absolute atomic E-state index is 12.3. The van der Waals surface area contributed by atoms with Gasteiger partial charge in [-0.15, -0.1) is 0 Å². The molecule has 0 spiro atoms. The molecule has 0 radical (unpaired) electrons. The van der Waals surface area contributed by atoms with Crippen LogP contribution in [0.4, 0.5) is 5.69 Å². The number of hydrogen-bond acceptors (Lipinski definition) is 6. The first-order valence-corrected chi connectivity index (χ1v) is 11.2. The van der Waals surface area contributed by atoms with Crippen LogP contribution in [-0.2, 0) is 11.4 Å². The Hall–Kier alpha value is -4.04. The Bertz CT molecular complexity index is 1250. The highest BCUT2D eigenvalue weighted by atomic mass is 32.2. The summed E-state index contributed by atoms with van der Waals surface area (Å²) in [5.74, 6) is 1.97. The minimum absolute atomic E-state index is 0.0915. The molecule has 2 N–H and O–H groups in total. The molecule has 3 aromatic carbocycles. The molecule has 0 fully saturated rings. The Balaban J connectivity index is 1.28. The number of carbonyl (C=O) groups is 1. The number of anilines is 1. The zero-order chi connectivity index (χ0) is 22.9. The van der Waals surface area contributed by atoms with Gasteiger partial charge in [0.25, 0.3) is 5.56 Å². The van der Waals surface area contributed by atoms with Gasteiger partial charge in [-0.2, -0.15) is 0 Å². The Labute approximate surface area is 194 Å². The third-order valence-electron chi connectivity index (χ3n) is 4.36. The van der Waals surface area contributed by atoms with E-state index in [0.717, 1.165) is 17.5 Å². The summed E-state index contributed by atoms with van der Waals surface area (Å²) in [6.45, 7) is 0.158. The van der Waals surface area contributed by atoms with E-state index in [4.69, 9.17) is 9.47 Å². The average Bonchev–Trinajstić information content (AvgIpc) is 2.84. The zero-order valence-corrected chi connectivity index (χ0v) is 18.4. The summed E-state index contributed by atoms with van der Waals surface area (Å²) in [5.41, 5.74) is 0.834. The van der Waals surface area contributed by atoms with Crippen molar-refractivity contribution in [3.63, 3.8) is 0 Å². The van der Waals surface area contributed by atoms with Gasteiger partial charge in [0.2, 0.25) is 5.91 Å². The van der Waals surface area contributed by atoms with Gasteiger partial charge in [0, 0.05) is 11.8 Å². The lowest BCUT2D eigenvalue weighted by atomic mass is 10.3. The summed E-state index contributed by atoms with van der Waals surface area (Å²) in [5, 5.41) is 3.18. The Kier molecular flexibility index (Phi) is 7.40. The molecule has 0 aliphatic rings. The fraction of sp³-hybridized carbons (Fsp3) is 0.0800. The number of benzene rings is 3. The van der Waals surface area contributed by atoms with E-state index in [2.05, 4.69) is 15.3 Å². The number of hydrogen-bond donors (Lipinski definition) is 2. The molecular weight excluding hydrogens is 438 g/mol. The molecule has 166 valence electrons. The van der Waals surface area contributed by atoms with Crippen LogP contribution < -0.4 is 20.3 Å². The number of amides is 1. The maximum Gasteiger partial charge on any atom is 0.251 e. The van der Waals surface area contributed by atoms with E-state index in [1.165, 1.54) is 6.07 Å². The van der Waals surface area contributed by atoms with Crippen molar-refractivity contribution in [2.45, 2.75) is 11.8 Å². The van der Waals surface area contributed by atoms with Crippen molar-refractivity contribution in [2.75, 3.05) is 11.1 Å². The van der Waals surface area contributed by atoms with E-state index in [0.29, 0.717) is 28.0 Å². The van der Waals surface area contributed by atoms with E-state index >= 15 is 0 Å². The maximum atomic E-state index is 12.3. The highest BCUT2D eigenvalue weighted by molar-refractivity contribution is 7.99. The first-order valence-electron chi connectivity index (χ1n) is 10.2. The van der Waals surface area contributed by atoms with E-state index in [1.54, 1.807) is 24.3 Å².